The van der Waals surface area contributed by atoms with Gasteiger partial charge in [-0.1, -0.05) is 38.1 Å². The summed E-state index contributed by atoms with van der Waals surface area (Å²) in [4.78, 5) is 34.0. The summed E-state index contributed by atoms with van der Waals surface area (Å²) in [5.41, 5.74) is 1.16. The highest BCUT2D eigenvalue weighted by atomic mass is 16.6. The molecule has 0 saturated heterocycles. The van der Waals surface area contributed by atoms with Crippen molar-refractivity contribution in [3.05, 3.63) is 69.8 Å². The van der Waals surface area contributed by atoms with Crippen molar-refractivity contribution in [1.82, 2.24) is 0 Å². The van der Waals surface area contributed by atoms with E-state index in [0.717, 1.165) is 5.56 Å². The monoisotopic (exact) mass is 342 g/mol. The first kappa shape index (κ1) is 18.1. The highest BCUT2D eigenvalue weighted by Crippen LogP contribution is 2.19. The lowest BCUT2D eigenvalue weighted by molar-refractivity contribution is -0.385. The van der Waals surface area contributed by atoms with Crippen LogP contribution in [0, 0.1) is 10.1 Å². The summed E-state index contributed by atoms with van der Waals surface area (Å²) >= 11 is 0. The number of carbonyl (C=O) groups is 2. The van der Waals surface area contributed by atoms with Crippen molar-refractivity contribution < 1.29 is 19.2 Å². The number of rotatable bonds is 6. The maximum atomic E-state index is 11.9. The maximum Gasteiger partial charge on any atom is 0.345 e. The Morgan fingerprint density at radius 2 is 1.76 bits per heavy atom. The van der Waals surface area contributed by atoms with Gasteiger partial charge in [-0.05, 0) is 29.7 Å². The number of ether oxygens (including phenoxy) is 1. The highest BCUT2D eigenvalue weighted by molar-refractivity contribution is 5.97. The number of nitro benzene ring substituents is 1. The lowest BCUT2D eigenvalue weighted by Crippen LogP contribution is -2.21. The molecular formula is C18H18N2O5. The van der Waals surface area contributed by atoms with Crippen molar-refractivity contribution in [3.63, 3.8) is 0 Å². The van der Waals surface area contributed by atoms with E-state index >= 15 is 0 Å². The zero-order chi connectivity index (χ0) is 18.4. The van der Waals surface area contributed by atoms with E-state index in [1.807, 2.05) is 12.1 Å². The van der Waals surface area contributed by atoms with Crippen LogP contribution in [-0.2, 0) is 9.53 Å². The van der Waals surface area contributed by atoms with Crippen molar-refractivity contribution in [1.29, 1.82) is 0 Å². The predicted molar refractivity (Wildman–Crippen MR) is 92.5 cm³/mol. The third-order valence-corrected chi connectivity index (χ3v) is 3.52. The van der Waals surface area contributed by atoms with Crippen LogP contribution in [0.4, 0.5) is 11.4 Å². The Labute approximate surface area is 144 Å². The molecule has 1 amide bonds. The molecule has 2 aromatic rings. The zero-order valence-electron chi connectivity index (χ0n) is 13.9. The van der Waals surface area contributed by atoms with Gasteiger partial charge in [0.15, 0.2) is 6.61 Å². The van der Waals surface area contributed by atoms with E-state index in [-0.39, 0.29) is 11.3 Å². The van der Waals surface area contributed by atoms with Crippen LogP contribution in [0.1, 0.15) is 35.7 Å². The van der Waals surface area contributed by atoms with E-state index in [4.69, 9.17) is 4.74 Å². The topological polar surface area (TPSA) is 98.5 Å². The van der Waals surface area contributed by atoms with Crippen LogP contribution in [0.5, 0.6) is 0 Å². The summed E-state index contributed by atoms with van der Waals surface area (Å²) in [6.07, 6.45) is 0. The molecule has 0 aliphatic carbocycles. The van der Waals surface area contributed by atoms with Gasteiger partial charge < -0.3 is 10.1 Å². The second-order valence-corrected chi connectivity index (χ2v) is 5.68. The fourth-order valence-electron chi connectivity index (χ4n) is 2.16. The molecule has 0 radical (unpaired) electrons. The second-order valence-electron chi connectivity index (χ2n) is 5.68. The number of benzene rings is 2. The van der Waals surface area contributed by atoms with Crippen molar-refractivity contribution in [2.45, 2.75) is 19.8 Å². The molecule has 2 rings (SSSR count). The molecule has 0 saturated carbocycles. The largest absolute Gasteiger partial charge is 0.452 e. The molecule has 0 spiro atoms. The van der Waals surface area contributed by atoms with E-state index in [2.05, 4.69) is 19.2 Å². The Hall–Kier alpha value is -3.22. The number of hydrogen-bond donors (Lipinski definition) is 1. The molecule has 0 atom stereocenters. The third kappa shape index (κ3) is 4.87. The average Bonchev–Trinajstić information content (AvgIpc) is 2.60. The van der Waals surface area contributed by atoms with Gasteiger partial charge in [-0.2, -0.15) is 0 Å². The van der Waals surface area contributed by atoms with Crippen LogP contribution in [0.15, 0.2) is 48.5 Å². The minimum atomic E-state index is -0.919. The molecule has 0 aromatic heterocycles. The Kier molecular flexibility index (Phi) is 5.84. The first-order valence-electron chi connectivity index (χ1n) is 7.69. The standard InChI is InChI=1S/C18H18N2O5/c1-12(2)13-7-9-14(10-8-13)19-17(21)11-25-18(22)15-5-3-4-6-16(15)20(23)24/h3-10,12H,11H2,1-2H3,(H,19,21). The quantitative estimate of drug-likeness (QED) is 0.492. The molecule has 0 bridgehead atoms. The highest BCUT2D eigenvalue weighted by Gasteiger charge is 2.21. The Morgan fingerprint density at radius 1 is 1.12 bits per heavy atom. The maximum absolute atomic E-state index is 11.9. The number of hydrogen-bond acceptors (Lipinski definition) is 5. The van der Waals surface area contributed by atoms with Crippen LogP contribution in [-0.4, -0.2) is 23.4 Å². The molecule has 7 heteroatoms. The van der Waals surface area contributed by atoms with Crippen LogP contribution in [0.3, 0.4) is 0 Å². The van der Waals surface area contributed by atoms with E-state index in [1.165, 1.54) is 24.3 Å². The molecule has 2 aromatic carbocycles. The molecule has 0 fully saturated rings. The number of nitro groups is 1. The number of nitrogens with zero attached hydrogens (tertiary/aromatic N) is 1. The summed E-state index contributed by atoms with van der Waals surface area (Å²) in [6.45, 7) is 3.60. The lowest BCUT2D eigenvalue weighted by Gasteiger charge is -2.09. The van der Waals surface area contributed by atoms with Crippen molar-refractivity contribution in [3.8, 4) is 0 Å². The SMILES string of the molecule is CC(C)c1ccc(NC(=O)COC(=O)c2ccccc2[N+](=O)[O-])cc1. The first-order chi connectivity index (χ1) is 11.9. The van der Waals surface area contributed by atoms with Crippen molar-refractivity contribution in [2.75, 3.05) is 11.9 Å². The normalized spacial score (nSPS) is 10.4. The van der Waals surface area contributed by atoms with E-state index in [0.29, 0.717) is 11.6 Å². The molecule has 7 nitrogen and oxygen atoms in total. The van der Waals surface area contributed by atoms with E-state index in [1.54, 1.807) is 12.1 Å². The summed E-state index contributed by atoms with van der Waals surface area (Å²) in [7, 11) is 0. The van der Waals surface area contributed by atoms with Gasteiger partial charge in [-0.25, -0.2) is 4.79 Å². The number of nitrogens with one attached hydrogen (secondary N) is 1. The van der Waals surface area contributed by atoms with Gasteiger partial charge in [0.05, 0.1) is 4.92 Å². The van der Waals surface area contributed by atoms with Gasteiger partial charge in [-0.3, -0.25) is 14.9 Å². The first-order valence-corrected chi connectivity index (χ1v) is 7.69. The van der Waals surface area contributed by atoms with Crippen LogP contribution in [0.25, 0.3) is 0 Å². The third-order valence-electron chi connectivity index (χ3n) is 3.52. The van der Waals surface area contributed by atoms with E-state index < -0.39 is 23.4 Å². The number of amides is 1. The van der Waals surface area contributed by atoms with Crippen molar-refractivity contribution >= 4 is 23.3 Å². The lowest BCUT2D eigenvalue weighted by atomic mass is 10.0. The smallest absolute Gasteiger partial charge is 0.345 e. The molecule has 1 N–H and O–H groups in total. The fourth-order valence-corrected chi connectivity index (χ4v) is 2.16. The van der Waals surface area contributed by atoms with Gasteiger partial charge in [0, 0.05) is 11.8 Å². The molecule has 0 heterocycles. The number of para-hydroxylation sites is 1. The number of carbonyl (C=O) groups excluding carboxylic acids is 2. The number of esters is 1. The molecule has 0 aliphatic heterocycles. The molecular weight excluding hydrogens is 324 g/mol. The van der Waals surface area contributed by atoms with Gasteiger partial charge in [0.2, 0.25) is 0 Å². The van der Waals surface area contributed by atoms with Gasteiger partial charge >= 0.3 is 5.97 Å². The number of anilines is 1. The summed E-state index contributed by atoms with van der Waals surface area (Å²) in [5, 5.41) is 13.5. The summed E-state index contributed by atoms with van der Waals surface area (Å²) in [5.74, 6) is -1.06. The Morgan fingerprint density at radius 3 is 2.36 bits per heavy atom. The Bertz CT molecular complexity index is 784. The van der Waals surface area contributed by atoms with Gasteiger partial charge in [0.1, 0.15) is 5.56 Å². The molecule has 130 valence electrons. The fraction of sp³-hybridized carbons (Fsp3) is 0.222. The molecule has 25 heavy (non-hydrogen) atoms. The van der Waals surface area contributed by atoms with Crippen LogP contribution < -0.4 is 5.32 Å². The summed E-state index contributed by atoms with van der Waals surface area (Å²) in [6, 6.07) is 12.7. The minimum absolute atomic E-state index is 0.193. The summed E-state index contributed by atoms with van der Waals surface area (Å²) < 4.78 is 4.86. The average molecular weight is 342 g/mol. The Balaban J connectivity index is 1.93. The second kappa shape index (κ2) is 8.05. The van der Waals surface area contributed by atoms with Gasteiger partial charge in [0.25, 0.3) is 11.6 Å². The zero-order valence-corrected chi connectivity index (χ0v) is 13.9. The van der Waals surface area contributed by atoms with E-state index in [9.17, 15) is 19.7 Å². The van der Waals surface area contributed by atoms with Crippen LogP contribution >= 0.6 is 0 Å². The van der Waals surface area contributed by atoms with Gasteiger partial charge in [-0.15, -0.1) is 0 Å². The van der Waals surface area contributed by atoms with Crippen molar-refractivity contribution in [2.24, 2.45) is 0 Å². The van der Waals surface area contributed by atoms with Crippen LogP contribution in [0.2, 0.25) is 0 Å². The molecule has 0 unspecified atom stereocenters. The predicted octanol–water partition coefficient (Wildman–Crippen LogP) is 3.51. The minimum Gasteiger partial charge on any atom is -0.452 e. The molecule has 0 aliphatic rings.